The minimum atomic E-state index is -1.44. The first-order valence-corrected chi connectivity index (χ1v) is 43.1. The van der Waals surface area contributed by atoms with Crippen LogP contribution in [0.5, 0.6) is 0 Å². The second-order valence-corrected chi connectivity index (χ2v) is 43.7. The van der Waals surface area contributed by atoms with Crippen molar-refractivity contribution in [2.45, 2.75) is 345 Å². The SMILES string of the molecule is CCC(C)(CC(C)(CC(C)(C)C(=O)OC1C(O)C2CCC1C1C(=O)OCC21)C(=O)O)C(=O)OC(C)(C)C.CCC(C)(CC(C)(CC(C)(C)C(=O)OC1C(OC)C2OC1C1C(=O)OCC21)C(=O)O)C(=O)OC(C)(C)C.CCC(C)(CC(C)(CC(C)(C)C(=O)OC1C2CC(C3COC(=O)C32)C1SC1CCCCC1)C(=O)O)C(=O)OC(C)(C)C. The first kappa shape index (κ1) is 95.3. The molecule has 6 bridgehead atoms. The minimum Gasteiger partial charge on any atom is -0.481 e. The number of aliphatic hydroxyl groups excluding tert-OH is 1. The molecule has 116 heavy (non-hydrogen) atoms. The zero-order valence-corrected chi connectivity index (χ0v) is 74.5. The molecule has 5 heterocycles. The maximum atomic E-state index is 13.9. The Morgan fingerprint density at radius 2 is 0.724 bits per heavy atom. The summed E-state index contributed by atoms with van der Waals surface area (Å²) in [5.41, 5.74) is -13.2. The number of fused-ring (bicyclic) bond motifs is 12. The van der Waals surface area contributed by atoms with Gasteiger partial charge < -0.3 is 72.5 Å². The van der Waals surface area contributed by atoms with E-state index in [1.807, 2.05) is 32.5 Å². The van der Waals surface area contributed by atoms with Crippen molar-refractivity contribution in [3.05, 3.63) is 0 Å². The van der Waals surface area contributed by atoms with Gasteiger partial charge in [-0.15, -0.1) is 0 Å². The van der Waals surface area contributed by atoms with Crippen molar-refractivity contribution >= 4 is 83.4 Å². The summed E-state index contributed by atoms with van der Waals surface area (Å²) in [5, 5.41) is 42.5. The second kappa shape index (κ2) is 34.8. The number of esters is 9. The number of rotatable bonds is 30. The molecule has 4 N–H and O–H groups in total. The Hall–Kier alpha value is -6.13. The Labute approximate surface area is 690 Å². The molecule has 0 aromatic rings. The third-order valence-corrected chi connectivity index (χ3v) is 29.0. The second-order valence-electron chi connectivity index (χ2n) is 42.2. The van der Waals surface area contributed by atoms with E-state index in [4.69, 9.17) is 52.1 Å². The van der Waals surface area contributed by atoms with Crippen LogP contribution >= 0.6 is 11.8 Å². The van der Waals surface area contributed by atoms with Gasteiger partial charge in [-0.2, -0.15) is 11.8 Å². The summed E-state index contributed by atoms with van der Waals surface area (Å²) in [5.74, 6) is -8.62. The van der Waals surface area contributed by atoms with E-state index in [2.05, 4.69) is 0 Å². The fourth-order valence-corrected chi connectivity index (χ4v) is 23.1. The van der Waals surface area contributed by atoms with Gasteiger partial charge >= 0.3 is 71.6 Å². The van der Waals surface area contributed by atoms with E-state index in [0.717, 1.165) is 12.8 Å². The van der Waals surface area contributed by atoms with E-state index < -0.39 is 162 Å². The van der Waals surface area contributed by atoms with Crippen LogP contribution in [0.2, 0.25) is 0 Å². The van der Waals surface area contributed by atoms with Crippen LogP contribution in [-0.2, 0) is 110 Å². The maximum Gasteiger partial charge on any atom is 0.312 e. The fraction of sp³-hybridized carbons (Fsp3) is 0.864. The summed E-state index contributed by atoms with van der Waals surface area (Å²) in [6.07, 6.45) is 4.69. The van der Waals surface area contributed by atoms with Crippen LogP contribution in [0.4, 0.5) is 0 Å². The number of thioether (sulfide) groups is 1. The number of carbonyl (C=O) groups is 12. The van der Waals surface area contributed by atoms with Gasteiger partial charge in [-0.3, -0.25) is 57.5 Å². The first-order chi connectivity index (χ1) is 53.1. The van der Waals surface area contributed by atoms with E-state index in [1.165, 1.54) is 39.2 Å². The zero-order chi connectivity index (χ0) is 87.5. The monoisotopic (exact) mass is 1660 g/mol. The molecule has 658 valence electrons. The predicted molar refractivity (Wildman–Crippen MR) is 424 cm³/mol. The number of aliphatic hydroxyl groups is 1. The highest BCUT2D eigenvalue weighted by molar-refractivity contribution is 8.00. The van der Waals surface area contributed by atoms with Gasteiger partial charge in [0.25, 0.3) is 0 Å². The Bertz CT molecular complexity index is 3570. The number of aliphatic carboxylic acids is 3. The number of methoxy groups -OCH3 is 1. The van der Waals surface area contributed by atoms with Gasteiger partial charge in [0.2, 0.25) is 0 Å². The number of carboxylic acids is 3. The average Bonchev–Trinajstić information content (AvgIpc) is 1.55. The highest BCUT2D eigenvalue weighted by Crippen LogP contribution is 2.62. The topological polar surface area (TPSA) is 387 Å². The molecule has 0 aromatic heterocycles. The molecule has 24 unspecified atom stereocenters. The summed E-state index contributed by atoms with van der Waals surface area (Å²) < 4.78 is 62.5. The lowest BCUT2D eigenvalue weighted by Crippen LogP contribution is -2.59. The van der Waals surface area contributed by atoms with Crippen molar-refractivity contribution in [2.24, 2.45) is 108 Å². The molecule has 5 saturated heterocycles. The van der Waals surface area contributed by atoms with E-state index in [-0.39, 0.29) is 128 Å². The van der Waals surface area contributed by atoms with Gasteiger partial charge in [0.15, 0.2) is 6.10 Å². The van der Waals surface area contributed by atoms with Crippen LogP contribution in [0.1, 0.15) is 275 Å². The molecular formula is C88H138O27S. The molecular weight excluding hydrogens is 1520 g/mol. The van der Waals surface area contributed by atoms with Crippen molar-refractivity contribution in [2.75, 3.05) is 26.9 Å². The summed E-state index contributed by atoms with van der Waals surface area (Å²) in [7, 11) is 1.50. The molecule has 11 aliphatic rings. The lowest BCUT2D eigenvalue weighted by atomic mass is 9.57. The van der Waals surface area contributed by atoms with Crippen LogP contribution in [0.15, 0.2) is 0 Å². The van der Waals surface area contributed by atoms with Crippen molar-refractivity contribution in [1.82, 2.24) is 0 Å². The molecule has 6 aliphatic carbocycles. The normalized spacial score (nSPS) is 32.4. The molecule has 5 aliphatic heterocycles. The molecule has 0 radical (unpaired) electrons. The van der Waals surface area contributed by atoms with E-state index in [9.17, 15) is 78.0 Å². The molecule has 0 aromatic carbocycles. The van der Waals surface area contributed by atoms with Gasteiger partial charge in [-0.05, 0) is 247 Å². The summed E-state index contributed by atoms with van der Waals surface area (Å²) in [6.45, 7) is 42.2. The van der Waals surface area contributed by atoms with Crippen LogP contribution < -0.4 is 0 Å². The summed E-state index contributed by atoms with van der Waals surface area (Å²) in [6, 6.07) is 0. The lowest BCUT2D eigenvalue weighted by molar-refractivity contribution is -0.200. The Morgan fingerprint density at radius 3 is 1.09 bits per heavy atom. The maximum absolute atomic E-state index is 13.9. The van der Waals surface area contributed by atoms with Crippen molar-refractivity contribution in [1.29, 1.82) is 0 Å². The standard InChI is InChI=1S/C33H52O8S.C28H44O9.C27H42O10/c1-9-32(7,29(38)41-30(2,3)4)18-33(8,27(35)36)17-31(5,6)28(37)40-24-21-15-20(22-16-39-26(34)23(21)22)25(24)42-19-13-11-10-12-14-19;1-9-27(7,24(34)37-25(2,3)4)14-28(8,22(31)32)13-26(5,6)23(33)36-20-16-11-10-15(19(20)29)17-12-35-21(30)18(16)17;1-10-26(7,23(32)37-24(2,3)4)13-27(8,21(29)30)12-25(5,6)22(31)36-19-17-15-14(11-34-20(15)28)16(35-17)18(19)33-9/h19-25H,9-18H2,1-8H3,(H,35,36);15-20,29H,9-14H2,1-8H3,(H,31,32);14-19H,10-13H2,1-9H3,(H,29,30). The Balaban J connectivity index is 0.000000218. The number of cyclic esters (lactones) is 3. The highest BCUT2D eigenvalue weighted by Gasteiger charge is 2.69. The third-order valence-electron chi connectivity index (χ3n) is 27.2. The van der Waals surface area contributed by atoms with Crippen molar-refractivity contribution in [3.8, 4) is 0 Å². The van der Waals surface area contributed by atoms with Gasteiger partial charge in [-0.25, -0.2) is 0 Å². The molecule has 0 spiro atoms. The predicted octanol–water partition coefficient (Wildman–Crippen LogP) is 13.3. The van der Waals surface area contributed by atoms with E-state index >= 15 is 0 Å². The van der Waals surface area contributed by atoms with Crippen LogP contribution in [0.3, 0.4) is 0 Å². The molecule has 11 rings (SSSR count). The average molecular weight is 1660 g/mol. The Kier molecular flexibility index (Phi) is 28.6. The van der Waals surface area contributed by atoms with Crippen molar-refractivity contribution < 1.29 is 130 Å². The van der Waals surface area contributed by atoms with E-state index in [1.54, 1.807) is 145 Å². The molecule has 0 amide bonds. The van der Waals surface area contributed by atoms with Gasteiger partial charge in [0, 0.05) is 47.2 Å². The largest absolute Gasteiger partial charge is 0.481 e. The zero-order valence-electron chi connectivity index (χ0n) is 73.7. The summed E-state index contributed by atoms with van der Waals surface area (Å²) >= 11 is 1.95. The number of carbonyl (C=O) groups excluding carboxylic acids is 9. The quantitative estimate of drug-likeness (QED) is 0.0383. The Morgan fingerprint density at radius 1 is 0.379 bits per heavy atom. The van der Waals surface area contributed by atoms with Crippen LogP contribution in [-0.4, -0.2) is 189 Å². The van der Waals surface area contributed by atoms with Crippen LogP contribution in [0.25, 0.3) is 0 Å². The lowest BCUT2D eigenvalue weighted by Gasteiger charge is -2.50. The number of ether oxygens (including phenoxy) is 11. The summed E-state index contributed by atoms with van der Waals surface area (Å²) in [4.78, 5) is 155. The molecule has 27 nitrogen and oxygen atoms in total. The van der Waals surface area contributed by atoms with E-state index in [0.29, 0.717) is 44.1 Å². The van der Waals surface area contributed by atoms with Gasteiger partial charge in [0.05, 0.1) is 98.5 Å². The number of hydrogen-bond donors (Lipinski definition) is 4. The van der Waals surface area contributed by atoms with Gasteiger partial charge in [-0.1, -0.05) is 40.0 Å². The third kappa shape index (κ3) is 20.4. The van der Waals surface area contributed by atoms with Crippen molar-refractivity contribution in [3.63, 3.8) is 0 Å². The molecule has 11 fully saturated rings. The molecule has 24 atom stereocenters. The minimum absolute atomic E-state index is 0.00188. The van der Waals surface area contributed by atoms with Gasteiger partial charge in [0.1, 0.15) is 41.2 Å². The number of hydrogen-bond acceptors (Lipinski definition) is 25. The highest BCUT2D eigenvalue weighted by atomic mass is 32.2. The first-order valence-electron chi connectivity index (χ1n) is 42.2. The van der Waals surface area contributed by atoms with Crippen LogP contribution in [0, 0.1) is 108 Å². The fourth-order valence-electron chi connectivity index (χ4n) is 21.1. The smallest absolute Gasteiger partial charge is 0.312 e. The number of carboxylic acid groups (broad SMARTS) is 3. The molecule has 6 saturated carbocycles. The molecule has 28 heteroatoms.